The van der Waals surface area contributed by atoms with Crippen LogP contribution in [-0.2, 0) is 10.0 Å². The molecule has 2 N–H and O–H groups in total. The molecule has 0 fully saturated rings. The van der Waals surface area contributed by atoms with Gasteiger partial charge in [0.05, 0.1) is 10.4 Å². The fraction of sp³-hybridized carbons (Fsp3) is 0.600. The Balaban J connectivity index is 2.19. The summed E-state index contributed by atoms with van der Waals surface area (Å²) in [4.78, 5) is 0. The largest absolute Gasteiger partial charge is 0.383 e. The molecule has 0 radical (unpaired) electrons. The predicted octanol–water partition coefficient (Wildman–Crippen LogP) is 3.26. The minimum atomic E-state index is -3.29. The summed E-state index contributed by atoms with van der Waals surface area (Å²) < 4.78 is 51.4. The Hall–Kier alpha value is -1.21. The van der Waals surface area contributed by atoms with Crippen molar-refractivity contribution in [2.45, 2.75) is 44.8 Å². The second kappa shape index (κ2) is 7.87. The quantitative estimate of drug-likeness (QED) is 0.718. The number of benzene rings is 1. The number of rotatable bonds is 8. The molecule has 0 aliphatic heterocycles. The van der Waals surface area contributed by atoms with Gasteiger partial charge in [0.2, 0.25) is 10.0 Å². The van der Waals surface area contributed by atoms with Gasteiger partial charge in [-0.1, -0.05) is 6.42 Å². The van der Waals surface area contributed by atoms with E-state index >= 15 is 0 Å². The Labute approximate surface area is 131 Å². The van der Waals surface area contributed by atoms with E-state index in [1.165, 1.54) is 12.1 Å². The van der Waals surface area contributed by atoms with Gasteiger partial charge in [-0.25, -0.2) is 21.9 Å². The zero-order chi connectivity index (χ0) is 16.8. The van der Waals surface area contributed by atoms with E-state index < -0.39 is 26.4 Å². The van der Waals surface area contributed by atoms with Crippen molar-refractivity contribution < 1.29 is 17.2 Å². The second-order valence-corrected chi connectivity index (χ2v) is 8.64. The molecule has 1 aromatic carbocycles. The minimum Gasteiger partial charge on any atom is -0.383 e. The standard InChI is InChI=1S/C15H24F2N2O2S/c1-15(2,3)22(20,21)19-10-6-4-5-9-18-14-8-7-12(16)11-13(14)17/h7-8,11,18-19H,4-6,9-10H2,1-3H3. The maximum atomic E-state index is 13.3. The van der Waals surface area contributed by atoms with E-state index in [1.807, 2.05) is 0 Å². The lowest BCUT2D eigenvalue weighted by molar-refractivity contribution is 0.540. The smallest absolute Gasteiger partial charge is 0.216 e. The molecule has 0 aliphatic carbocycles. The Kier molecular flexibility index (Phi) is 6.74. The van der Waals surface area contributed by atoms with Crippen molar-refractivity contribution in [2.75, 3.05) is 18.4 Å². The first-order chi connectivity index (χ1) is 10.1. The third kappa shape index (κ3) is 5.88. The van der Waals surface area contributed by atoms with Gasteiger partial charge >= 0.3 is 0 Å². The van der Waals surface area contributed by atoms with Gasteiger partial charge in [-0.3, -0.25) is 0 Å². The average molecular weight is 334 g/mol. The van der Waals surface area contributed by atoms with Crippen LogP contribution in [0.1, 0.15) is 40.0 Å². The summed E-state index contributed by atoms with van der Waals surface area (Å²) in [5.41, 5.74) is 0.273. The summed E-state index contributed by atoms with van der Waals surface area (Å²) in [5, 5.41) is 2.89. The SMILES string of the molecule is CC(C)(C)S(=O)(=O)NCCCCCNc1ccc(F)cc1F. The normalized spacial score (nSPS) is 12.4. The molecule has 0 amide bonds. The first-order valence-electron chi connectivity index (χ1n) is 7.31. The second-order valence-electron chi connectivity index (χ2n) is 6.12. The lowest BCUT2D eigenvalue weighted by atomic mass is 10.2. The van der Waals surface area contributed by atoms with Gasteiger partial charge in [0, 0.05) is 19.2 Å². The fourth-order valence-corrected chi connectivity index (χ4v) is 2.55. The minimum absolute atomic E-state index is 0.273. The Morgan fingerprint density at radius 3 is 2.27 bits per heavy atom. The third-order valence-electron chi connectivity index (χ3n) is 3.20. The Morgan fingerprint density at radius 2 is 1.68 bits per heavy atom. The van der Waals surface area contributed by atoms with Crippen LogP contribution in [0.2, 0.25) is 0 Å². The molecule has 126 valence electrons. The van der Waals surface area contributed by atoms with Gasteiger partial charge in [0.15, 0.2) is 0 Å². The molecule has 0 heterocycles. The molecule has 0 saturated heterocycles. The van der Waals surface area contributed by atoms with Crippen molar-refractivity contribution in [1.82, 2.24) is 4.72 Å². The summed E-state index contributed by atoms with van der Waals surface area (Å²) in [5.74, 6) is -1.22. The lowest BCUT2D eigenvalue weighted by Crippen LogP contribution is -2.39. The van der Waals surface area contributed by atoms with Crippen LogP contribution in [0.25, 0.3) is 0 Å². The van der Waals surface area contributed by atoms with Crippen LogP contribution < -0.4 is 10.0 Å². The Bertz CT molecular complexity index is 584. The molecule has 0 bridgehead atoms. The number of hydrogen-bond acceptors (Lipinski definition) is 3. The topological polar surface area (TPSA) is 58.2 Å². The van der Waals surface area contributed by atoms with E-state index in [4.69, 9.17) is 0 Å². The molecule has 0 saturated carbocycles. The average Bonchev–Trinajstić information content (AvgIpc) is 2.38. The van der Waals surface area contributed by atoms with Gasteiger partial charge in [-0.2, -0.15) is 0 Å². The molecule has 4 nitrogen and oxygen atoms in total. The van der Waals surface area contributed by atoms with Crippen molar-refractivity contribution in [3.05, 3.63) is 29.8 Å². The van der Waals surface area contributed by atoms with E-state index in [1.54, 1.807) is 20.8 Å². The van der Waals surface area contributed by atoms with Crippen molar-refractivity contribution in [3.8, 4) is 0 Å². The molecular formula is C15H24F2N2O2S. The third-order valence-corrected chi connectivity index (χ3v) is 5.39. The Morgan fingerprint density at radius 1 is 1.05 bits per heavy atom. The molecule has 22 heavy (non-hydrogen) atoms. The van der Waals surface area contributed by atoms with Crippen LogP contribution in [0.4, 0.5) is 14.5 Å². The summed E-state index contributed by atoms with van der Waals surface area (Å²) in [6.07, 6.45) is 2.29. The van der Waals surface area contributed by atoms with Crippen LogP contribution in [-0.4, -0.2) is 26.3 Å². The van der Waals surface area contributed by atoms with Crippen molar-refractivity contribution in [3.63, 3.8) is 0 Å². The molecule has 0 aromatic heterocycles. The van der Waals surface area contributed by atoms with Crippen LogP contribution in [0.3, 0.4) is 0 Å². The van der Waals surface area contributed by atoms with Crippen LogP contribution in [0.15, 0.2) is 18.2 Å². The van der Waals surface area contributed by atoms with E-state index in [2.05, 4.69) is 10.0 Å². The first kappa shape index (κ1) is 18.8. The molecule has 7 heteroatoms. The lowest BCUT2D eigenvalue weighted by Gasteiger charge is -2.19. The van der Waals surface area contributed by atoms with E-state index in [-0.39, 0.29) is 5.69 Å². The van der Waals surface area contributed by atoms with Gasteiger partial charge < -0.3 is 5.32 Å². The summed E-state index contributed by atoms with van der Waals surface area (Å²) >= 11 is 0. The molecule has 1 aromatic rings. The van der Waals surface area contributed by atoms with E-state index in [9.17, 15) is 17.2 Å². The summed E-state index contributed by atoms with van der Waals surface area (Å²) in [6.45, 7) is 5.89. The molecule has 1 rings (SSSR count). The highest BCUT2D eigenvalue weighted by Gasteiger charge is 2.27. The van der Waals surface area contributed by atoms with E-state index in [0.717, 1.165) is 18.9 Å². The molecule has 0 atom stereocenters. The van der Waals surface area contributed by atoms with Gasteiger partial charge in [0.25, 0.3) is 0 Å². The highest BCUT2D eigenvalue weighted by molar-refractivity contribution is 7.90. The van der Waals surface area contributed by atoms with Crippen molar-refractivity contribution in [2.24, 2.45) is 0 Å². The number of halogens is 2. The maximum absolute atomic E-state index is 13.3. The zero-order valence-electron chi connectivity index (χ0n) is 13.2. The van der Waals surface area contributed by atoms with Crippen LogP contribution in [0.5, 0.6) is 0 Å². The highest BCUT2D eigenvalue weighted by Crippen LogP contribution is 2.15. The van der Waals surface area contributed by atoms with Gasteiger partial charge in [-0.05, 0) is 45.7 Å². The summed E-state index contributed by atoms with van der Waals surface area (Å²) in [7, 11) is -3.29. The monoisotopic (exact) mass is 334 g/mol. The van der Waals surface area contributed by atoms with Gasteiger partial charge in [0.1, 0.15) is 11.6 Å². The number of nitrogens with one attached hydrogen (secondary N) is 2. The molecule has 0 unspecified atom stereocenters. The zero-order valence-corrected chi connectivity index (χ0v) is 14.1. The maximum Gasteiger partial charge on any atom is 0.216 e. The number of hydrogen-bond donors (Lipinski definition) is 2. The van der Waals surface area contributed by atoms with Gasteiger partial charge in [-0.15, -0.1) is 0 Å². The molecular weight excluding hydrogens is 310 g/mol. The van der Waals surface area contributed by atoms with Crippen molar-refractivity contribution >= 4 is 15.7 Å². The predicted molar refractivity (Wildman–Crippen MR) is 85.4 cm³/mol. The molecule has 0 aliphatic rings. The van der Waals surface area contributed by atoms with Crippen molar-refractivity contribution in [1.29, 1.82) is 0 Å². The number of unbranched alkanes of at least 4 members (excludes halogenated alkanes) is 2. The van der Waals surface area contributed by atoms with Crippen LogP contribution >= 0.6 is 0 Å². The molecule has 0 spiro atoms. The highest BCUT2D eigenvalue weighted by atomic mass is 32.2. The first-order valence-corrected chi connectivity index (χ1v) is 8.80. The number of anilines is 1. The fourth-order valence-electron chi connectivity index (χ4n) is 1.71. The van der Waals surface area contributed by atoms with Crippen LogP contribution in [0, 0.1) is 11.6 Å². The summed E-state index contributed by atoms with van der Waals surface area (Å²) in [6, 6.07) is 3.40. The number of sulfonamides is 1. The van der Waals surface area contributed by atoms with E-state index in [0.29, 0.717) is 19.5 Å².